The largest absolute Gasteiger partial charge is 0.330 e. The van der Waals surface area contributed by atoms with Gasteiger partial charge in [0.2, 0.25) is 0 Å². The topological polar surface area (TPSA) is 104 Å². The molecule has 0 atom stereocenters. The molecule has 0 bridgehead atoms. The van der Waals surface area contributed by atoms with Crippen LogP contribution in [0, 0.1) is 0 Å². The van der Waals surface area contributed by atoms with E-state index >= 15 is 0 Å². The van der Waals surface area contributed by atoms with Gasteiger partial charge >= 0.3 is 0 Å². The minimum atomic E-state index is -0.991. The Kier molecular flexibility index (Phi) is 8.49. The molecule has 70 valence electrons. The predicted molar refractivity (Wildman–Crippen MR) is 50.1 cm³/mol. The Morgan fingerprint density at radius 3 is 1.82 bits per heavy atom. The van der Waals surface area contributed by atoms with Crippen molar-refractivity contribution < 1.29 is 0 Å². The van der Waals surface area contributed by atoms with Gasteiger partial charge in [0.05, 0.1) is 0 Å². The zero-order chi connectivity index (χ0) is 8.04. The van der Waals surface area contributed by atoms with E-state index in [0.717, 1.165) is 25.8 Å². The van der Waals surface area contributed by atoms with Gasteiger partial charge in [0, 0.05) is 0 Å². The van der Waals surface area contributed by atoms with E-state index < -0.39 is 5.79 Å². The molecule has 0 radical (unpaired) electrons. The third kappa shape index (κ3) is 13.2. The Morgan fingerprint density at radius 2 is 1.45 bits per heavy atom. The zero-order valence-electron chi connectivity index (χ0n) is 6.75. The Labute approximate surface area is 74.1 Å². The molecule has 0 spiro atoms. The second-order valence-corrected chi connectivity index (χ2v) is 2.71. The molecule has 4 nitrogen and oxygen atoms in total. The minimum Gasteiger partial charge on any atom is -0.330 e. The first-order valence-corrected chi connectivity index (χ1v) is 3.63. The van der Waals surface area contributed by atoms with Crippen LogP contribution < -0.4 is 22.9 Å². The van der Waals surface area contributed by atoms with Crippen molar-refractivity contribution in [2.24, 2.45) is 22.9 Å². The fourth-order valence-electron chi connectivity index (χ4n) is 0.752. The summed E-state index contributed by atoms with van der Waals surface area (Å²) in [5.74, 6) is -0.991. The molecular weight excluding hydrogens is 164 g/mol. The van der Waals surface area contributed by atoms with Gasteiger partial charge in [-0.25, -0.2) is 0 Å². The standard InChI is InChI=1S/C6H18N4.ClH/c7-5-3-1-2-4-6(8,9)10;/h1-5,7-10H2;1H. The van der Waals surface area contributed by atoms with E-state index in [1.165, 1.54) is 0 Å². The van der Waals surface area contributed by atoms with Crippen molar-refractivity contribution in [1.82, 2.24) is 0 Å². The molecule has 0 aromatic carbocycles. The Hall–Kier alpha value is 0.130. The third-order valence-electron chi connectivity index (χ3n) is 1.31. The number of halogens is 1. The number of nitrogens with two attached hydrogens (primary N) is 4. The molecular formula is C6H19ClN4. The summed E-state index contributed by atoms with van der Waals surface area (Å²) >= 11 is 0. The van der Waals surface area contributed by atoms with E-state index in [-0.39, 0.29) is 12.4 Å². The quantitative estimate of drug-likeness (QED) is 0.339. The maximum absolute atomic E-state index is 5.34. The van der Waals surface area contributed by atoms with Gasteiger partial charge in [-0.1, -0.05) is 6.42 Å². The highest BCUT2D eigenvalue weighted by atomic mass is 35.5. The SMILES string of the molecule is Cl.NCCCCCC(N)(N)N. The summed E-state index contributed by atoms with van der Waals surface area (Å²) in [6.07, 6.45) is 3.70. The Morgan fingerprint density at radius 1 is 0.909 bits per heavy atom. The van der Waals surface area contributed by atoms with Crippen molar-refractivity contribution in [3.63, 3.8) is 0 Å². The molecule has 8 N–H and O–H groups in total. The van der Waals surface area contributed by atoms with E-state index in [1.807, 2.05) is 0 Å². The fourth-order valence-corrected chi connectivity index (χ4v) is 0.752. The van der Waals surface area contributed by atoms with E-state index in [0.29, 0.717) is 6.42 Å². The maximum Gasteiger partial charge on any atom is 0.115 e. The highest BCUT2D eigenvalue weighted by Gasteiger charge is 2.09. The van der Waals surface area contributed by atoms with E-state index in [2.05, 4.69) is 0 Å². The van der Waals surface area contributed by atoms with Crippen LogP contribution in [0.3, 0.4) is 0 Å². The zero-order valence-corrected chi connectivity index (χ0v) is 7.57. The number of rotatable bonds is 5. The Bertz CT molecular complexity index is 81.1. The van der Waals surface area contributed by atoms with Gasteiger partial charge in [0.1, 0.15) is 5.79 Å². The number of hydrogen-bond donors (Lipinski definition) is 4. The maximum atomic E-state index is 5.34. The summed E-state index contributed by atoms with van der Waals surface area (Å²) in [4.78, 5) is 0. The van der Waals surface area contributed by atoms with Crippen LogP contribution in [0.25, 0.3) is 0 Å². The van der Waals surface area contributed by atoms with Crippen molar-refractivity contribution in [2.45, 2.75) is 31.5 Å². The fraction of sp³-hybridized carbons (Fsp3) is 1.00. The molecule has 0 aliphatic rings. The molecule has 0 fully saturated rings. The van der Waals surface area contributed by atoms with Crippen LogP contribution in [-0.4, -0.2) is 12.3 Å². The van der Waals surface area contributed by atoms with Crippen molar-refractivity contribution in [2.75, 3.05) is 6.54 Å². The van der Waals surface area contributed by atoms with Gasteiger partial charge in [-0.05, 0) is 25.8 Å². The minimum absolute atomic E-state index is 0. The van der Waals surface area contributed by atoms with Gasteiger partial charge in [0.25, 0.3) is 0 Å². The number of unbranched alkanes of at least 4 members (excludes halogenated alkanes) is 2. The smallest absolute Gasteiger partial charge is 0.115 e. The monoisotopic (exact) mass is 182 g/mol. The van der Waals surface area contributed by atoms with Crippen molar-refractivity contribution in [3.8, 4) is 0 Å². The van der Waals surface area contributed by atoms with Gasteiger partial charge in [-0.2, -0.15) is 0 Å². The van der Waals surface area contributed by atoms with Crippen LogP contribution in [0.2, 0.25) is 0 Å². The normalized spacial score (nSPS) is 10.9. The summed E-state index contributed by atoms with van der Waals surface area (Å²) in [5.41, 5.74) is 21.3. The van der Waals surface area contributed by atoms with Crippen LogP contribution in [0.4, 0.5) is 0 Å². The lowest BCUT2D eigenvalue weighted by atomic mass is 10.1. The predicted octanol–water partition coefficient (Wildman–Crippen LogP) is -0.543. The summed E-state index contributed by atoms with van der Waals surface area (Å²) in [6, 6.07) is 0. The van der Waals surface area contributed by atoms with Crippen LogP contribution in [0.15, 0.2) is 0 Å². The van der Waals surface area contributed by atoms with Gasteiger partial charge < -0.3 is 22.9 Å². The van der Waals surface area contributed by atoms with Crippen molar-refractivity contribution >= 4 is 12.4 Å². The Balaban J connectivity index is 0. The van der Waals surface area contributed by atoms with Gasteiger partial charge in [-0.15, -0.1) is 12.4 Å². The number of hydrogen-bond acceptors (Lipinski definition) is 4. The summed E-state index contributed by atoms with van der Waals surface area (Å²) < 4.78 is 0. The van der Waals surface area contributed by atoms with Gasteiger partial charge in [-0.3, -0.25) is 0 Å². The molecule has 0 unspecified atom stereocenters. The van der Waals surface area contributed by atoms with Crippen LogP contribution in [0.5, 0.6) is 0 Å². The second kappa shape index (κ2) is 6.82. The van der Waals surface area contributed by atoms with Crippen LogP contribution >= 0.6 is 12.4 Å². The molecule has 0 amide bonds. The highest BCUT2D eigenvalue weighted by Crippen LogP contribution is 2.01. The molecule has 0 saturated heterocycles. The first-order valence-electron chi connectivity index (χ1n) is 3.63. The molecule has 0 aliphatic carbocycles. The molecule has 0 rings (SSSR count). The van der Waals surface area contributed by atoms with Crippen LogP contribution in [0.1, 0.15) is 25.7 Å². The van der Waals surface area contributed by atoms with E-state index in [1.54, 1.807) is 0 Å². The molecule has 0 saturated carbocycles. The first kappa shape index (κ1) is 13.7. The molecule has 0 aromatic heterocycles. The summed E-state index contributed by atoms with van der Waals surface area (Å²) in [5, 5.41) is 0. The lowest BCUT2D eigenvalue weighted by molar-refractivity contribution is 0.403. The molecule has 5 heteroatoms. The van der Waals surface area contributed by atoms with E-state index in [4.69, 9.17) is 22.9 Å². The molecule has 11 heavy (non-hydrogen) atoms. The summed E-state index contributed by atoms with van der Waals surface area (Å²) in [7, 11) is 0. The van der Waals surface area contributed by atoms with Crippen LogP contribution in [-0.2, 0) is 0 Å². The lowest BCUT2D eigenvalue weighted by Crippen LogP contribution is -2.57. The second-order valence-electron chi connectivity index (χ2n) is 2.71. The molecule has 0 heterocycles. The average Bonchev–Trinajstić information content (AvgIpc) is 1.78. The first-order chi connectivity index (χ1) is 4.56. The van der Waals surface area contributed by atoms with Crippen molar-refractivity contribution in [1.29, 1.82) is 0 Å². The highest BCUT2D eigenvalue weighted by molar-refractivity contribution is 5.85. The van der Waals surface area contributed by atoms with E-state index in [9.17, 15) is 0 Å². The third-order valence-corrected chi connectivity index (χ3v) is 1.31. The lowest BCUT2D eigenvalue weighted by Gasteiger charge is -2.17. The average molecular weight is 183 g/mol. The van der Waals surface area contributed by atoms with Crippen molar-refractivity contribution in [3.05, 3.63) is 0 Å². The molecule has 0 aromatic rings. The van der Waals surface area contributed by atoms with Gasteiger partial charge in [0.15, 0.2) is 0 Å². The summed E-state index contributed by atoms with van der Waals surface area (Å²) in [6.45, 7) is 0.729. The molecule has 0 aliphatic heterocycles.